The van der Waals surface area contributed by atoms with Crippen LogP contribution in [0.2, 0.25) is 0 Å². The van der Waals surface area contributed by atoms with Crippen molar-refractivity contribution in [2.75, 3.05) is 51.3 Å². The summed E-state index contributed by atoms with van der Waals surface area (Å²) in [7, 11) is 2.02. The number of anilines is 1. The molecule has 2 atom stereocenters. The Hall–Kier alpha value is -1.24. The monoisotopic (exact) mass is 334 g/mol. The third-order valence-electron chi connectivity index (χ3n) is 5.56. The molecule has 2 N–H and O–H groups in total. The molecule has 2 fully saturated rings. The standard InChI is InChI=1S/C18H30N4O2/c1-21(8-9-23)10-15-11-22(12-16(15)13-24)18-19-7-6-17(20-18)14-4-2-3-5-14/h6-7,14-16,23-24H,2-5,8-13H2,1H3/t15-,16-/m1/s1. The van der Waals surface area contributed by atoms with Gasteiger partial charge in [0.25, 0.3) is 0 Å². The van der Waals surface area contributed by atoms with Gasteiger partial charge in [-0.1, -0.05) is 12.8 Å². The fourth-order valence-corrected chi connectivity index (χ4v) is 4.14. The van der Waals surface area contributed by atoms with E-state index in [4.69, 9.17) is 10.1 Å². The molecule has 1 saturated carbocycles. The van der Waals surface area contributed by atoms with Gasteiger partial charge in [-0.05, 0) is 31.9 Å². The number of aliphatic hydroxyl groups is 2. The lowest BCUT2D eigenvalue weighted by molar-refractivity contribution is 0.160. The van der Waals surface area contributed by atoms with Gasteiger partial charge in [-0.15, -0.1) is 0 Å². The second-order valence-corrected chi connectivity index (χ2v) is 7.36. The molecule has 134 valence electrons. The van der Waals surface area contributed by atoms with Crippen LogP contribution in [-0.4, -0.2) is 71.5 Å². The van der Waals surface area contributed by atoms with Crippen LogP contribution in [0.15, 0.2) is 12.3 Å². The van der Waals surface area contributed by atoms with Gasteiger partial charge in [0.2, 0.25) is 5.95 Å². The third-order valence-corrected chi connectivity index (χ3v) is 5.56. The van der Waals surface area contributed by atoms with E-state index in [9.17, 15) is 5.11 Å². The van der Waals surface area contributed by atoms with Crippen LogP contribution in [0.3, 0.4) is 0 Å². The summed E-state index contributed by atoms with van der Waals surface area (Å²) in [5.74, 6) is 2.02. The second kappa shape index (κ2) is 8.23. The summed E-state index contributed by atoms with van der Waals surface area (Å²) in [4.78, 5) is 13.7. The molecular formula is C18H30N4O2. The zero-order chi connectivity index (χ0) is 16.9. The maximum Gasteiger partial charge on any atom is 0.225 e. The smallest absolute Gasteiger partial charge is 0.225 e. The van der Waals surface area contributed by atoms with Gasteiger partial charge < -0.3 is 20.0 Å². The minimum atomic E-state index is 0.170. The highest BCUT2D eigenvalue weighted by atomic mass is 16.3. The Kier molecular flexibility index (Phi) is 6.03. The molecule has 0 aromatic carbocycles. The number of aliphatic hydroxyl groups excluding tert-OH is 2. The average Bonchev–Trinajstić information content (AvgIpc) is 3.25. The van der Waals surface area contributed by atoms with Crippen molar-refractivity contribution in [1.29, 1.82) is 0 Å². The highest BCUT2D eigenvalue weighted by Crippen LogP contribution is 2.34. The Bertz CT molecular complexity index is 521. The number of rotatable bonds is 7. The van der Waals surface area contributed by atoms with E-state index in [0.717, 1.165) is 25.6 Å². The number of likely N-dealkylation sites (N-methyl/N-ethyl adjacent to an activating group) is 1. The number of hydrogen-bond donors (Lipinski definition) is 2. The Morgan fingerprint density at radius 3 is 2.67 bits per heavy atom. The molecule has 6 heteroatoms. The molecule has 1 aliphatic heterocycles. The summed E-state index contributed by atoms with van der Waals surface area (Å²) < 4.78 is 0. The Labute approximate surface area is 144 Å². The molecule has 6 nitrogen and oxygen atoms in total. The largest absolute Gasteiger partial charge is 0.396 e. The van der Waals surface area contributed by atoms with Gasteiger partial charge in [0, 0.05) is 56.5 Å². The summed E-state index contributed by atoms with van der Waals surface area (Å²) in [6, 6.07) is 2.06. The van der Waals surface area contributed by atoms with E-state index in [2.05, 4.69) is 20.9 Å². The van der Waals surface area contributed by atoms with Gasteiger partial charge in [-0.3, -0.25) is 0 Å². The minimum absolute atomic E-state index is 0.170. The molecular weight excluding hydrogens is 304 g/mol. The van der Waals surface area contributed by atoms with Crippen molar-refractivity contribution in [2.45, 2.75) is 31.6 Å². The van der Waals surface area contributed by atoms with Crippen LogP contribution in [0.4, 0.5) is 5.95 Å². The fraction of sp³-hybridized carbons (Fsp3) is 0.778. The molecule has 2 aliphatic rings. The summed E-state index contributed by atoms with van der Waals surface area (Å²) in [6.07, 6.45) is 6.98. The first kappa shape index (κ1) is 17.6. The van der Waals surface area contributed by atoms with Crippen LogP contribution in [0.1, 0.15) is 37.3 Å². The van der Waals surface area contributed by atoms with Crippen LogP contribution in [-0.2, 0) is 0 Å². The van der Waals surface area contributed by atoms with E-state index in [0.29, 0.717) is 18.4 Å². The molecule has 1 aromatic heterocycles. The van der Waals surface area contributed by atoms with Crippen LogP contribution in [0.25, 0.3) is 0 Å². The van der Waals surface area contributed by atoms with Crippen molar-refractivity contribution in [2.24, 2.45) is 11.8 Å². The van der Waals surface area contributed by atoms with Crippen LogP contribution in [0, 0.1) is 11.8 Å². The van der Waals surface area contributed by atoms with Crippen LogP contribution in [0.5, 0.6) is 0 Å². The van der Waals surface area contributed by atoms with E-state index >= 15 is 0 Å². The van der Waals surface area contributed by atoms with E-state index < -0.39 is 0 Å². The molecule has 1 saturated heterocycles. The SMILES string of the molecule is CN(CCO)C[C@@H]1CN(c2nccc(C3CCCC3)n2)C[C@@H]1CO. The number of hydrogen-bond acceptors (Lipinski definition) is 6. The maximum atomic E-state index is 9.74. The molecule has 0 spiro atoms. The van der Waals surface area contributed by atoms with Gasteiger partial charge in [0.15, 0.2) is 0 Å². The quantitative estimate of drug-likeness (QED) is 0.778. The first-order chi connectivity index (χ1) is 11.7. The Balaban J connectivity index is 1.67. The molecule has 0 unspecified atom stereocenters. The molecule has 0 bridgehead atoms. The zero-order valence-corrected chi connectivity index (χ0v) is 14.6. The first-order valence-corrected chi connectivity index (χ1v) is 9.19. The fourth-order valence-electron chi connectivity index (χ4n) is 4.14. The van der Waals surface area contributed by atoms with Crippen molar-refractivity contribution in [3.8, 4) is 0 Å². The lowest BCUT2D eigenvalue weighted by atomic mass is 9.96. The minimum Gasteiger partial charge on any atom is -0.396 e. The molecule has 3 rings (SSSR count). The van der Waals surface area contributed by atoms with Gasteiger partial charge >= 0.3 is 0 Å². The zero-order valence-electron chi connectivity index (χ0n) is 14.6. The van der Waals surface area contributed by atoms with Gasteiger partial charge in [0.05, 0.1) is 6.61 Å². The predicted molar refractivity (Wildman–Crippen MR) is 94.1 cm³/mol. The average molecular weight is 334 g/mol. The normalized spacial score (nSPS) is 25.1. The number of aromatic nitrogens is 2. The van der Waals surface area contributed by atoms with Gasteiger partial charge in [-0.2, -0.15) is 0 Å². The van der Waals surface area contributed by atoms with Gasteiger partial charge in [0.1, 0.15) is 0 Å². The summed E-state index contributed by atoms with van der Waals surface area (Å²) in [5, 5.41) is 18.8. The highest BCUT2D eigenvalue weighted by molar-refractivity contribution is 5.33. The lowest BCUT2D eigenvalue weighted by Crippen LogP contribution is -2.33. The third kappa shape index (κ3) is 4.05. The predicted octanol–water partition coefficient (Wildman–Crippen LogP) is 1.10. The number of nitrogens with zero attached hydrogens (tertiary/aromatic N) is 4. The van der Waals surface area contributed by atoms with Crippen molar-refractivity contribution >= 4 is 5.95 Å². The highest BCUT2D eigenvalue weighted by Gasteiger charge is 2.34. The molecule has 0 radical (unpaired) electrons. The first-order valence-electron chi connectivity index (χ1n) is 9.19. The lowest BCUT2D eigenvalue weighted by Gasteiger charge is -2.23. The molecule has 1 aromatic rings. The Morgan fingerprint density at radius 2 is 1.96 bits per heavy atom. The molecule has 0 amide bonds. The van der Waals surface area contributed by atoms with Crippen LogP contribution >= 0.6 is 0 Å². The van der Waals surface area contributed by atoms with Crippen molar-refractivity contribution in [1.82, 2.24) is 14.9 Å². The van der Waals surface area contributed by atoms with Crippen molar-refractivity contribution in [3.05, 3.63) is 18.0 Å². The van der Waals surface area contributed by atoms with E-state index in [-0.39, 0.29) is 19.1 Å². The molecule has 1 aliphatic carbocycles. The van der Waals surface area contributed by atoms with E-state index in [1.54, 1.807) is 0 Å². The Morgan fingerprint density at radius 1 is 1.21 bits per heavy atom. The van der Waals surface area contributed by atoms with Crippen LogP contribution < -0.4 is 4.90 Å². The molecule has 24 heavy (non-hydrogen) atoms. The van der Waals surface area contributed by atoms with Crippen molar-refractivity contribution < 1.29 is 10.2 Å². The summed E-state index contributed by atoms with van der Waals surface area (Å²) in [5.41, 5.74) is 1.18. The van der Waals surface area contributed by atoms with E-state index in [1.165, 1.54) is 31.4 Å². The van der Waals surface area contributed by atoms with Gasteiger partial charge in [-0.25, -0.2) is 9.97 Å². The maximum absolute atomic E-state index is 9.74. The van der Waals surface area contributed by atoms with E-state index in [1.807, 2.05) is 13.2 Å². The van der Waals surface area contributed by atoms with Crippen molar-refractivity contribution in [3.63, 3.8) is 0 Å². The summed E-state index contributed by atoms with van der Waals surface area (Å²) >= 11 is 0. The molecule has 2 heterocycles. The topological polar surface area (TPSA) is 72.7 Å². The second-order valence-electron chi connectivity index (χ2n) is 7.36. The summed E-state index contributed by atoms with van der Waals surface area (Å²) in [6.45, 7) is 3.59.